The van der Waals surface area contributed by atoms with E-state index in [0.717, 1.165) is 34.1 Å². The number of benzene rings is 2. The molecule has 0 radical (unpaired) electrons. The Morgan fingerprint density at radius 3 is 2.52 bits per heavy atom. The van der Waals surface area contributed by atoms with Gasteiger partial charge in [-0.05, 0) is 35.9 Å². The lowest BCUT2D eigenvalue weighted by molar-refractivity contribution is 0.683. The van der Waals surface area contributed by atoms with E-state index in [1.54, 1.807) is 0 Å². The fourth-order valence-corrected chi connectivity index (χ4v) is 2.67. The van der Waals surface area contributed by atoms with Gasteiger partial charge in [-0.2, -0.15) is 0 Å². The van der Waals surface area contributed by atoms with Crippen LogP contribution >= 0.6 is 11.6 Å². The standard InChI is InChI=1S/C17H18ClN3/c1-11(2)17-20-15-9-14(19)7-8-16(15)21(17)10-12-3-5-13(18)6-4-12/h3-9,11H,10,19H2,1-2H3. The first-order chi connectivity index (χ1) is 10.0. The molecule has 3 rings (SSSR count). The SMILES string of the molecule is CC(C)c1nc2cc(N)ccc2n1Cc1ccc(Cl)cc1. The summed E-state index contributed by atoms with van der Waals surface area (Å²) in [5, 5.41) is 0.756. The Labute approximate surface area is 129 Å². The molecule has 0 atom stereocenters. The maximum atomic E-state index is 5.95. The van der Waals surface area contributed by atoms with Gasteiger partial charge in [-0.3, -0.25) is 0 Å². The summed E-state index contributed by atoms with van der Waals surface area (Å²) in [6.07, 6.45) is 0. The number of rotatable bonds is 3. The molecule has 0 amide bonds. The van der Waals surface area contributed by atoms with Crippen molar-refractivity contribution in [2.75, 3.05) is 5.73 Å². The summed E-state index contributed by atoms with van der Waals surface area (Å²) in [5.41, 5.74) is 9.88. The maximum Gasteiger partial charge on any atom is 0.112 e. The van der Waals surface area contributed by atoms with Crippen molar-refractivity contribution in [3.8, 4) is 0 Å². The van der Waals surface area contributed by atoms with Crippen LogP contribution in [-0.4, -0.2) is 9.55 Å². The van der Waals surface area contributed by atoms with E-state index in [1.807, 2.05) is 30.3 Å². The van der Waals surface area contributed by atoms with Crippen LogP contribution in [0, 0.1) is 0 Å². The van der Waals surface area contributed by atoms with Crippen LogP contribution in [0.2, 0.25) is 5.02 Å². The third-order valence-corrected chi connectivity index (χ3v) is 3.82. The number of hydrogen-bond donors (Lipinski definition) is 1. The number of imidazole rings is 1. The fraction of sp³-hybridized carbons (Fsp3) is 0.235. The smallest absolute Gasteiger partial charge is 0.112 e. The summed E-state index contributed by atoms with van der Waals surface area (Å²) in [7, 11) is 0. The average molecular weight is 300 g/mol. The molecule has 108 valence electrons. The second-order valence-corrected chi connectivity index (χ2v) is 6.02. The van der Waals surface area contributed by atoms with Crippen molar-refractivity contribution in [1.29, 1.82) is 0 Å². The zero-order chi connectivity index (χ0) is 15.0. The van der Waals surface area contributed by atoms with Crippen molar-refractivity contribution in [2.45, 2.75) is 26.3 Å². The zero-order valence-corrected chi connectivity index (χ0v) is 12.9. The molecule has 3 nitrogen and oxygen atoms in total. The molecule has 2 N–H and O–H groups in total. The minimum atomic E-state index is 0.353. The van der Waals surface area contributed by atoms with Gasteiger partial charge in [0, 0.05) is 23.2 Å². The number of anilines is 1. The van der Waals surface area contributed by atoms with Crippen molar-refractivity contribution >= 4 is 28.3 Å². The Morgan fingerprint density at radius 2 is 1.86 bits per heavy atom. The third kappa shape index (κ3) is 2.74. The number of nitrogens with zero attached hydrogens (tertiary/aromatic N) is 2. The second kappa shape index (κ2) is 5.41. The molecule has 1 heterocycles. The maximum absolute atomic E-state index is 5.95. The molecular weight excluding hydrogens is 282 g/mol. The summed E-state index contributed by atoms with van der Waals surface area (Å²) in [6.45, 7) is 5.09. The molecule has 0 aliphatic heterocycles. The lowest BCUT2D eigenvalue weighted by Gasteiger charge is -2.11. The molecule has 0 saturated carbocycles. The number of nitrogen functional groups attached to an aromatic ring is 1. The van der Waals surface area contributed by atoms with Gasteiger partial charge in [0.1, 0.15) is 5.82 Å². The molecule has 0 spiro atoms. The summed E-state index contributed by atoms with van der Waals surface area (Å²) >= 11 is 5.95. The summed E-state index contributed by atoms with van der Waals surface area (Å²) in [4.78, 5) is 4.74. The van der Waals surface area contributed by atoms with Crippen LogP contribution in [0.1, 0.15) is 31.2 Å². The van der Waals surface area contributed by atoms with Crippen LogP contribution in [0.25, 0.3) is 11.0 Å². The molecule has 1 aromatic heterocycles. The van der Waals surface area contributed by atoms with Gasteiger partial charge in [-0.1, -0.05) is 37.6 Å². The van der Waals surface area contributed by atoms with Crippen molar-refractivity contribution < 1.29 is 0 Å². The van der Waals surface area contributed by atoms with E-state index in [4.69, 9.17) is 22.3 Å². The van der Waals surface area contributed by atoms with Crippen LogP contribution in [0.5, 0.6) is 0 Å². The Hall–Kier alpha value is -2.00. The largest absolute Gasteiger partial charge is 0.399 e. The van der Waals surface area contributed by atoms with E-state index in [9.17, 15) is 0 Å². The van der Waals surface area contributed by atoms with Gasteiger partial charge in [0.05, 0.1) is 11.0 Å². The van der Waals surface area contributed by atoms with Gasteiger partial charge in [0.2, 0.25) is 0 Å². The van der Waals surface area contributed by atoms with E-state index in [-0.39, 0.29) is 0 Å². The van der Waals surface area contributed by atoms with Crippen LogP contribution in [-0.2, 0) is 6.54 Å². The number of halogens is 1. The molecule has 0 unspecified atom stereocenters. The van der Waals surface area contributed by atoms with Crippen molar-refractivity contribution in [1.82, 2.24) is 9.55 Å². The van der Waals surface area contributed by atoms with Gasteiger partial charge in [0.15, 0.2) is 0 Å². The first-order valence-electron chi connectivity index (χ1n) is 7.04. The molecule has 0 bridgehead atoms. The highest BCUT2D eigenvalue weighted by Crippen LogP contribution is 2.25. The van der Waals surface area contributed by atoms with E-state index in [0.29, 0.717) is 5.92 Å². The van der Waals surface area contributed by atoms with E-state index in [2.05, 4.69) is 30.5 Å². The van der Waals surface area contributed by atoms with Gasteiger partial charge < -0.3 is 10.3 Å². The van der Waals surface area contributed by atoms with Crippen molar-refractivity contribution in [3.63, 3.8) is 0 Å². The van der Waals surface area contributed by atoms with Crippen LogP contribution in [0.4, 0.5) is 5.69 Å². The lowest BCUT2D eigenvalue weighted by Crippen LogP contribution is -2.06. The zero-order valence-electron chi connectivity index (χ0n) is 12.2. The second-order valence-electron chi connectivity index (χ2n) is 5.59. The molecule has 2 aromatic carbocycles. The van der Waals surface area contributed by atoms with Gasteiger partial charge in [0.25, 0.3) is 0 Å². The topological polar surface area (TPSA) is 43.8 Å². The van der Waals surface area contributed by atoms with Crippen LogP contribution in [0.15, 0.2) is 42.5 Å². The van der Waals surface area contributed by atoms with Crippen LogP contribution < -0.4 is 5.73 Å². The van der Waals surface area contributed by atoms with Crippen molar-refractivity contribution in [2.24, 2.45) is 0 Å². The highest BCUT2D eigenvalue weighted by molar-refractivity contribution is 6.30. The predicted octanol–water partition coefficient (Wildman–Crippen LogP) is 4.44. The van der Waals surface area contributed by atoms with Gasteiger partial charge >= 0.3 is 0 Å². The lowest BCUT2D eigenvalue weighted by atomic mass is 10.2. The number of fused-ring (bicyclic) bond motifs is 1. The molecule has 0 saturated heterocycles. The number of aromatic nitrogens is 2. The fourth-order valence-electron chi connectivity index (χ4n) is 2.54. The monoisotopic (exact) mass is 299 g/mol. The molecule has 0 fully saturated rings. The Balaban J connectivity index is 2.10. The summed E-state index contributed by atoms with van der Waals surface area (Å²) in [6, 6.07) is 13.8. The Bertz CT molecular complexity index is 773. The molecule has 0 aliphatic carbocycles. The molecule has 0 aliphatic rings. The number of nitrogens with two attached hydrogens (primary N) is 1. The minimum Gasteiger partial charge on any atom is -0.399 e. The highest BCUT2D eigenvalue weighted by Gasteiger charge is 2.14. The minimum absolute atomic E-state index is 0.353. The molecular formula is C17H18ClN3. The quantitative estimate of drug-likeness (QED) is 0.726. The average Bonchev–Trinajstić information content (AvgIpc) is 2.79. The summed E-state index contributed by atoms with van der Waals surface area (Å²) in [5.74, 6) is 1.43. The Kier molecular flexibility index (Phi) is 3.60. The first-order valence-corrected chi connectivity index (χ1v) is 7.42. The predicted molar refractivity (Wildman–Crippen MR) is 88.8 cm³/mol. The van der Waals surface area contributed by atoms with Gasteiger partial charge in [-0.25, -0.2) is 4.98 Å². The third-order valence-electron chi connectivity index (χ3n) is 3.57. The van der Waals surface area contributed by atoms with Crippen molar-refractivity contribution in [3.05, 3.63) is 58.9 Å². The molecule has 21 heavy (non-hydrogen) atoms. The number of hydrogen-bond acceptors (Lipinski definition) is 2. The van der Waals surface area contributed by atoms with E-state index < -0.39 is 0 Å². The summed E-state index contributed by atoms with van der Waals surface area (Å²) < 4.78 is 2.25. The normalized spacial score (nSPS) is 11.4. The van der Waals surface area contributed by atoms with Gasteiger partial charge in [-0.15, -0.1) is 0 Å². The first kappa shape index (κ1) is 14.0. The molecule has 3 aromatic rings. The van der Waals surface area contributed by atoms with E-state index >= 15 is 0 Å². The van der Waals surface area contributed by atoms with E-state index in [1.165, 1.54) is 5.56 Å². The Morgan fingerprint density at radius 1 is 1.14 bits per heavy atom. The van der Waals surface area contributed by atoms with Crippen LogP contribution in [0.3, 0.4) is 0 Å². The molecule has 4 heteroatoms. The highest BCUT2D eigenvalue weighted by atomic mass is 35.5.